The molecule has 0 aliphatic carbocycles. The van der Waals surface area contributed by atoms with Crippen molar-refractivity contribution in [3.05, 3.63) is 51.9 Å². The zero-order valence-corrected chi connectivity index (χ0v) is 10.9. The Bertz CT molecular complexity index is 511. The lowest BCUT2D eigenvalue weighted by Gasteiger charge is -2.08. The van der Waals surface area contributed by atoms with Crippen LogP contribution in [0.2, 0.25) is 0 Å². The van der Waals surface area contributed by atoms with Crippen LogP contribution in [0, 0.1) is 9.39 Å². The lowest BCUT2D eigenvalue weighted by atomic mass is 10.1. The van der Waals surface area contributed by atoms with Gasteiger partial charge in [0.2, 0.25) is 0 Å². The molecule has 0 atom stereocenters. The summed E-state index contributed by atoms with van der Waals surface area (Å²) < 4.78 is 19.8. The standard InChI is InChI=1S/C13H10FIO/c1-16-9-6-7-12(14)11(8-9)10-4-2-3-5-13(10)15/h2-8H,1H3. The number of rotatable bonds is 2. The topological polar surface area (TPSA) is 9.23 Å². The normalized spacial score (nSPS) is 10.2. The summed E-state index contributed by atoms with van der Waals surface area (Å²) in [6.45, 7) is 0. The van der Waals surface area contributed by atoms with E-state index in [0.717, 1.165) is 9.13 Å². The van der Waals surface area contributed by atoms with Crippen LogP contribution in [0.4, 0.5) is 4.39 Å². The number of benzene rings is 2. The molecule has 0 radical (unpaired) electrons. The summed E-state index contributed by atoms with van der Waals surface area (Å²) in [5.41, 5.74) is 1.46. The van der Waals surface area contributed by atoms with Crippen LogP contribution in [-0.4, -0.2) is 7.11 Å². The molecule has 0 saturated carbocycles. The quantitative estimate of drug-likeness (QED) is 0.754. The molecule has 0 fully saturated rings. The average Bonchev–Trinajstić information content (AvgIpc) is 2.31. The molecule has 1 nitrogen and oxygen atoms in total. The predicted molar refractivity (Wildman–Crippen MR) is 71.1 cm³/mol. The highest BCUT2D eigenvalue weighted by molar-refractivity contribution is 14.1. The molecule has 2 aromatic carbocycles. The number of halogens is 2. The van der Waals surface area contributed by atoms with E-state index in [2.05, 4.69) is 22.6 Å². The zero-order chi connectivity index (χ0) is 11.5. The first kappa shape index (κ1) is 11.4. The predicted octanol–water partition coefficient (Wildman–Crippen LogP) is 4.11. The van der Waals surface area contributed by atoms with Gasteiger partial charge >= 0.3 is 0 Å². The van der Waals surface area contributed by atoms with E-state index in [1.165, 1.54) is 6.07 Å². The largest absolute Gasteiger partial charge is 0.497 e. The highest BCUT2D eigenvalue weighted by atomic mass is 127. The van der Waals surface area contributed by atoms with E-state index in [1.807, 2.05) is 24.3 Å². The van der Waals surface area contributed by atoms with Crippen LogP contribution >= 0.6 is 22.6 Å². The van der Waals surface area contributed by atoms with Crippen molar-refractivity contribution in [1.29, 1.82) is 0 Å². The van der Waals surface area contributed by atoms with E-state index in [1.54, 1.807) is 19.2 Å². The maximum absolute atomic E-state index is 13.7. The van der Waals surface area contributed by atoms with Crippen LogP contribution in [0.1, 0.15) is 0 Å². The molecule has 0 aliphatic heterocycles. The number of methoxy groups -OCH3 is 1. The smallest absolute Gasteiger partial charge is 0.131 e. The molecule has 0 aliphatic rings. The summed E-state index contributed by atoms with van der Waals surface area (Å²) in [5, 5.41) is 0. The summed E-state index contributed by atoms with van der Waals surface area (Å²) in [6.07, 6.45) is 0. The summed E-state index contributed by atoms with van der Waals surface area (Å²) in [4.78, 5) is 0. The summed E-state index contributed by atoms with van der Waals surface area (Å²) in [5.74, 6) is 0.431. The van der Waals surface area contributed by atoms with E-state index in [-0.39, 0.29) is 5.82 Å². The Labute approximate surface area is 107 Å². The molecule has 0 amide bonds. The van der Waals surface area contributed by atoms with Gasteiger partial charge in [-0.25, -0.2) is 4.39 Å². The van der Waals surface area contributed by atoms with Crippen LogP contribution in [-0.2, 0) is 0 Å². The number of ether oxygens (including phenoxy) is 1. The average molecular weight is 328 g/mol. The second kappa shape index (κ2) is 4.82. The van der Waals surface area contributed by atoms with Gasteiger partial charge in [0.25, 0.3) is 0 Å². The van der Waals surface area contributed by atoms with Gasteiger partial charge in [-0.15, -0.1) is 0 Å². The molecular formula is C13H10FIO. The highest BCUT2D eigenvalue weighted by Gasteiger charge is 2.09. The number of hydrogen-bond donors (Lipinski definition) is 0. The molecule has 16 heavy (non-hydrogen) atoms. The summed E-state index contributed by atoms with van der Waals surface area (Å²) >= 11 is 2.20. The van der Waals surface area contributed by atoms with E-state index >= 15 is 0 Å². The summed E-state index contributed by atoms with van der Waals surface area (Å²) in [6, 6.07) is 12.5. The van der Waals surface area contributed by atoms with Crippen molar-refractivity contribution < 1.29 is 9.13 Å². The third-order valence-corrected chi connectivity index (χ3v) is 3.28. The van der Waals surface area contributed by atoms with Crippen LogP contribution in [0.15, 0.2) is 42.5 Å². The lowest BCUT2D eigenvalue weighted by molar-refractivity contribution is 0.414. The summed E-state index contributed by atoms with van der Waals surface area (Å²) in [7, 11) is 1.58. The van der Waals surface area contributed by atoms with Crippen LogP contribution in [0.25, 0.3) is 11.1 Å². The maximum Gasteiger partial charge on any atom is 0.131 e. The van der Waals surface area contributed by atoms with Crippen molar-refractivity contribution in [2.24, 2.45) is 0 Å². The van der Waals surface area contributed by atoms with Crippen LogP contribution in [0.5, 0.6) is 5.75 Å². The Morgan fingerprint density at radius 1 is 1.06 bits per heavy atom. The monoisotopic (exact) mass is 328 g/mol. The molecule has 0 unspecified atom stereocenters. The minimum absolute atomic E-state index is 0.232. The third kappa shape index (κ3) is 2.19. The van der Waals surface area contributed by atoms with E-state index in [0.29, 0.717) is 11.3 Å². The SMILES string of the molecule is COc1ccc(F)c(-c2ccccc2I)c1. The first-order valence-electron chi connectivity index (χ1n) is 4.81. The zero-order valence-electron chi connectivity index (χ0n) is 8.71. The van der Waals surface area contributed by atoms with Gasteiger partial charge in [0.1, 0.15) is 11.6 Å². The Morgan fingerprint density at radius 3 is 2.50 bits per heavy atom. The fourth-order valence-corrected chi connectivity index (χ4v) is 2.20. The van der Waals surface area contributed by atoms with E-state index < -0.39 is 0 Å². The van der Waals surface area contributed by atoms with Crippen LogP contribution < -0.4 is 4.74 Å². The van der Waals surface area contributed by atoms with Gasteiger partial charge in [-0.05, 0) is 52.4 Å². The molecule has 0 aromatic heterocycles. The Balaban J connectivity index is 2.59. The molecule has 0 N–H and O–H groups in total. The van der Waals surface area contributed by atoms with Gasteiger partial charge in [-0.2, -0.15) is 0 Å². The maximum atomic E-state index is 13.7. The van der Waals surface area contributed by atoms with Crippen molar-refractivity contribution >= 4 is 22.6 Å². The van der Waals surface area contributed by atoms with Gasteiger partial charge in [-0.1, -0.05) is 18.2 Å². The lowest BCUT2D eigenvalue weighted by Crippen LogP contribution is -1.89. The molecule has 2 aromatic rings. The minimum atomic E-state index is -0.232. The Hall–Kier alpha value is -1.10. The highest BCUT2D eigenvalue weighted by Crippen LogP contribution is 2.30. The van der Waals surface area contributed by atoms with Crippen molar-refractivity contribution in [2.75, 3.05) is 7.11 Å². The molecule has 82 valence electrons. The first-order valence-corrected chi connectivity index (χ1v) is 5.88. The second-order valence-corrected chi connectivity index (χ2v) is 4.49. The van der Waals surface area contributed by atoms with Crippen LogP contribution in [0.3, 0.4) is 0 Å². The van der Waals surface area contributed by atoms with Crippen molar-refractivity contribution in [2.45, 2.75) is 0 Å². The molecule has 0 bridgehead atoms. The minimum Gasteiger partial charge on any atom is -0.497 e. The molecular weight excluding hydrogens is 318 g/mol. The van der Waals surface area contributed by atoms with Crippen molar-refractivity contribution in [1.82, 2.24) is 0 Å². The van der Waals surface area contributed by atoms with Gasteiger partial charge < -0.3 is 4.74 Å². The van der Waals surface area contributed by atoms with Gasteiger partial charge in [0.15, 0.2) is 0 Å². The van der Waals surface area contributed by atoms with Gasteiger partial charge in [0, 0.05) is 9.13 Å². The van der Waals surface area contributed by atoms with Crippen molar-refractivity contribution in [3.8, 4) is 16.9 Å². The molecule has 0 spiro atoms. The fraction of sp³-hybridized carbons (Fsp3) is 0.0769. The molecule has 2 rings (SSSR count). The molecule has 0 heterocycles. The van der Waals surface area contributed by atoms with E-state index in [4.69, 9.17) is 4.74 Å². The third-order valence-electron chi connectivity index (χ3n) is 2.34. The Morgan fingerprint density at radius 2 is 1.81 bits per heavy atom. The second-order valence-electron chi connectivity index (χ2n) is 3.33. The molecule has 0 saturated heterocycles. The molecule has 3 heteroatoms. The fourth-order valence-electron chi connectivity index (χ4n) is 1.52. The van der Waals surface area contributed by atoms with Crippen molar-refractivity contribution in [3.63, 3.8) is 0 Å². The Kier molecular flexibility index (Phi) is 3.43. The van der Waals surface area contributed by atoms with E-state index in [9.17, 15) is 4.39 Å². The number of hydrogen-bond acceptors (Lipinski definition) is 1. The first-order chi connectivity index (χ1) is 7.72. The van der Waals surface area contributed by atoms with Gasteiger partial charge in [0.05, 0.1) is 7.11 Å². The van der Waals surface area contributed by atoms with Gasteiger partial charge in [-0.3, -0.25) is 0 Å².